The summed E-state index contributed by atoms with van der Waals surface area (Å²) in [5.74, 6) is -47.4. The highest BCUT2D eigenvalue weighted by atomic mass is 28.4. The highest BCUT2D eigenvalue weighted by Crippen LogP contribution is 2.31. The summed E-state index contributed by atoms with van der Waals surface area (Å²) in [6.07, 6.45) is 0.668. The normalized spacial score (nSPS) is 12.2. The summed E-state index contributed by atoms with van der Waals surface area (Å²) >= 11 is 0. The Morgan fingerprint density at radius 3 is 0.932 bits per heavy atom. The van der Waals surface area contributed by atoms with Crippen molar-refractivity contribution in [2.45, 2.75) is 6.92 Å². The maximum Gasteiger partial charge on any atom is 0.365 e. The van der Waals surface area contributed by atoms with Crippen LogP contribution < -0.4 is 15.6 Å². The lowest BCUT2D eigenvalue weighted by Gasteiger charge is -2.35. The molecule has 0 aliphatic rings. The van der Waals surface area contributed by atoms with Crippen LogP contribution in [0.4, 0.5) is 65.9 Å². The molecule has 0 radical (unpaired) electrons. The molecule has 17 heteroatoms. The highest BCUT2D eigenvalue weighted by molar-refractivity contribution is 7.07. The molecule has 0 N–H and O–H groups in total. The molecule has 4 aromatic carbocycles. The lowest BCUT2D eigenvalue weighted by molar-refractivity contribution is 0.373. The van der Waals surface area contributed by atoms with Gasteiger partial charge in [-0.15, -0.1) is 0 Å². The van der Waals surface area contributed by atoms with Crippen molar-refractivity contribution in [3.8, 4) is 0 Å². The molecule has 0 heterocycles. The average Bonchev–Trinajstić information content (AvgIpc) is 3.02. The second kappa shape index (κ2) is 11.6. The minimum Gasteiger partial charge on any atom is -0.529 e. The fourth-order valence-electron chi connectivity index (χ4n) is 4.32. The molecular formula is C27H9F15OSi. The first-order valence-electron chi connectivity index (χ1n) is 11.5. The summed E-state index contributed by atoms with van der Waals surface area (Å²) in [5, 5.41) is -8.35. The van der Waals surface area contributed by atoms with Crippen molar-refractivity contribution >= 4 is 29.6 Å². The van der Waals surface area contributed by atoms with Crippen molar-refractivity contribution in [3.05, 3.63) is 129 Å². The molecule has 4 aromatic rings. The van der Waals surface area contributed by atoms with Crippen molar-refractivity contribution in [3.63, 3.8) is 0 Å². The standard InChI is InChI=1S/C27H9F15OSi/c1-2-9(8-6-4-3-5-7-8)43-44(25-19(37)13(31)10(28)14(32)20(25)38,26-21(39)15(33)11(29)16(34)22(26)40)27-23(41)17(35)12(30)18(36)24(27)42/h2-7H,1H3/b9-2-. The minimum absolute atomic E-state index is 0.400. The fourth-order valence-corrected chi connectivity index (χ4v) is 8.46. The van der Waals surface area contributed by atoms with Crippen LogP contribution in [-0.2, 0) is 4.43 Å². The Kier molecular flexibility index (Phi) is 8.56. The third-order valence-electron chi connectivity index (χ3n) is 6.27. The van der Waals surface area contributed by atoms with E-state index in [-0.39, 0.29) is 0 Å². The third-order valence-corrected chi connectivity index (χ3v) is 10.2. The van der Waals surface area contributed by atoms with Crippen LogP contribution >= 0.6 is 0 Å². The van der Waals surface area contributed by atoms with Gasteiger partial charge in [0.1, 0.15) is 5.76 Å². The Hall–Kier alpha value is -4.41. The average molecular weight is 662 g/mol. The first-order valence-corrected chi connectivity index (χ1v) is 13.4. The largest absolute Gasteiger partial charge is 0.529 e. The summed E-state index contributed by atoms with van der Waals surface area (Å²) in [4.78, 5) is 0. The third kappa shape index (κ3) is 4.60. The van der Waals surface area contributed by atoms with Crippen LogP contribution in [0.25, 0.3) is 5.76 Å². The Morgan fingerprint density at radius 1 is 0.432 bits per heavy atom. The van der Waals surface area contributed by atoms with Gasteiger partial charge in [-0.25, -0.2) is 65.9 Å². The quantitative estimate of drug-likeness (QED) is 0.0551. The second-order valence-corrected chi connectivity index (χ2v) is 11.7. The summed E-state index contributed by atoms with van der Waals surface area (Å²) in [6.45, 7) is 0.942. The van der Waals surface area contributed by atoms with Gasteiger partial charge in [0, 0.05) is 5.56 Å². The predicted molar refractivity (Wildman–Crippen MR) is 125 cm³/mol. The Bertz CT molecular complexity index is 1600. The first-order chi connectivity index (χ1) is 20.6. The number of hydrogen-bond donors (Lipinski definition) is 0. The van der Waals surface area contributed by atoms with Gasteiger partial charge in [-0.3, -0.25) is 0 Å². The summed E-state index contributed by atoms with van der Waals surface area (Å²) in [6, 6.07) is 5.65. The molecule has 0 saturated heterocycles. The Labute approximate surface area is 236 Å². The van der Waals surface area contributed by atoms with Crippen molar-refractivity contribution in [2.24, 2.45) is 0 Å². The number of halogens is 15. The molecule has 0 saturated carbocycles. The maximum absolute atomic E-state index is 15.5. The number of hydrogen-bond acceptors (Lipinski definition) is 1. The molecule has 232 valence electrons. The summed E-state index contributed by atoms with van der Waals surface area (Å²) in [7, 11) is -7.47. The van der Waals surface area contributed by atoms with Gasteiger partial charge in [-0.05, 0) is 13.0 Å². The number of benzene rings is 4. The van der Waals surface area contributed by atoms with Gasteiger partial charge in [0.25, 0.3) is 0 Å². The number of allylic oxidation sites excluding steroid dienone is 1. The fraction of sp³-hybridized carbons (Fsp3) is 0.0370. The van der Waals surface area contributed by atoms with Crippen molar-refractivity contribution in [1.29, 1.82) is 0 Å². The van der Waals surface area contributed by atoms with E-state index in [4.69, 9.17) is 4.43 Å². The molecule has 0 aliphatic carbocycles. The van der Waals surface area contributed by atoms with Gasteiger partial charge < -0.3 is 4.43 Å². The van der Waals surface area contributed by atoms with Gasteiger partial charge in [0.05, 0.1) is 15.6 Å². The van der Waals surface area contributed by atoms with E-state index in [1.54, 1.807) is 0 Å². The molecule has 4 rings (SSSR count). The zero-order chi connectivity index (χ0) is 33.0. The van der Waals surface area contributed by atoms with Crippen LogP contribution in [0.5, 0.6) is 0 Å². The molecule has 0 atom stereocenters. The lowest BCUT2D eigenvalue weighted by atomic mass is 10.2. The zero-order valence-corrected chi connectivity index (χ0v) is 22.0. The van der Waals surface area contributed by atoms with E-state index in [0.29, 0.717) is 6.08 Å². The van der Waals surface area contributed by atoms with Crippen molar-refractivity contribution in [1.82, 2.24) is 0 Å². The van der Waals surface area contributed by atoms with E-state index >= 15 is 26.3 Å². The first kappa shape index (κ1) is 32.5. The van der Waals surface area contributed by atoms with Crippen LogP contribution in [0.15, 0.2) is 36.4 Å². The topological polar surface area (TPSA) is 9.23 Å². The monoisotopic (exact) mass is 662 g/mol. The van der Waals surface area contributed by atoms with Gasteiger partial charge in [0.15, 0.2) is 69.8 Å². The Balaban J connectivity index is 2.47. The van der Waals surface area contributed by atoms with Gasteiger partial charge >= 0.3 is 8.32 Å². The van der Waals surface area contributed by atoms with Crippen LogP contribution in [-0.4, -0.2) is 8.32 Å². The van der Waals surface area contributed by atoms with Crippen LogP contribution in [0.2, 0.25) is 0 Å². The minimum atomic E-state index is -7.47. The van der Waals surface area contributed by atoms with Gasteiger partial charge in [-0.2, -0.15) is 0 Å². The molecule has 1 nitrogen and oxygen atoms in total. The molecule has 44 heavy (non-hydrogen) atoms. The van der Waals surface area contributed by atoms with Crippen LogP contribution in [0.1, 0.15) is 12.5 Å². The number of rotatable bonds is 6. The van der Waals surface area contributed by atoms with Crippen LogP contribution in [0.3, 0.4) is 0 Å². The molecule has 0 amide bonds. The van der Waals surface area contributed by atoms with E-state index in [2.05, 4.69) is 0 Å². The summed E-state index contributed by atoms with van der Waals surface area (Å²) < 4.78 is 228. The maximum atomic E-state index is 15.5. The molecule has 0 bridgehead atoms. The highest BCUT2D eigenvalue weighted by Gasteiger charge is 2.59. The van der Waals surface area contributed by atoms with Gasteiger partial charge in [-0.1, -0.05) is 30.3 Å². The van der Waals surface area contributed by atoms with Crippen molar-refractivity contribution in [2.75, 3.05) is 0 Å². The van der Waals surface area contributed by atoms with E-state index < -0.39 is 122 Å². The molecule has 0 spiro atoms. The van der Waals surface area contributed by atoms with Crippen molar-refractivity contribution < 1.29 is 70.3 Å². The van der Waals surface area contributed by atoms with Crippen LogP contribution in [0, 0.1) is 87.3 Å². The smallest absolute Gasteiger partial charge is 0.365 e. The predicted octanol–water partition coefficient (Wildman–Crippen LogP) is 6.82. The second-order valence-electron chi connectivity index (χ2n) is 8.64. The molecule has 0 aromatic heterocycles. The van der Waals surface area contributed by atoms with E-state index in [0.717, 1.165) is 19.1 Å². The molecule has 0 unspecified atom stereocenters. The van der Waals surface area contributed by atoms with E-state index in [9.17, 15) is 39.5 Å². The van der Waals surface area contributed by atoms with E-state index in [1.165, 1.54) is 18.2 Å². The van der Waals surface area contributed by atoms with Gasteiger partial charge in [0.2, 0.25) is 17.5 Å². The molecule has 0 aliphatic heterocycles. The Morgan fingerprint density at radius 2 is 0.682 bits per heavy atom. The summed E-state index contributed by atoms with van der Waals surface area (Å²) in [5.41, 5.74) is -0.400. The zero-order valence-electron chi connectivity index (χ0n) is 21.0. The van der Waals surface area contributed by atoms with E-state index in [1.807, 2.05) is 0 Å². The molecular weight excluding hydrogens is 653 g/mol. The SMILES string of the molecule is C/C=C(\O[Si](c1c(F)c(F)c(F)c(F)c1F)(c1c(F)c(F)c(F)c(F)c1F)c1c(F)c(F)c(F)c(F)c1F)c1ccccc1. The molecule has 0 fully saturated rings. The lowest BCUT2D eigenvalue weighted by Crippen LogP contribution is -2.74.